The van der Waals surface area contributed by atoms with Crippen molar-refractivity contribution in [3.63, 3.8) is 0 Å². The van der Waals surface area contributed by atoms with Gasteiger partial charge in [0, 0.05) is 17.4 Å². The lowest BCUT2D eigenvalue weighted by Crippen LogP contribution is -2.32. The summed E-state index contributed by atoms with van der Waals surface area (Å²) in [7, 11) is 0. The molecule has 1 unspecified atom stereocenters. The second-order valence-electron chi connectivity index (χ2n) is 8.83. The molecule has 0 heterocycles. The molecule has 2 aliphatic carbocycles. The van der Waals surface area contributed by atoms with Crippen LogP contribution in [0.3, 0.4) is 0 Å². The predicted octanol–water partition coefficient (Wildman–Crippen LogP) is 4.32. The third kappa shape index (κ3) is 4.26. The zero-order valence-corrected chi connectivity index (χ0v) is 18.4. The van der Waals surface area contributed by atoms with Crippen LogP contribution in [0.15, 0.2) is 60.7 Å². The molecular weight excluding hydrogens is 439 g/mol. The Balaban J connectivity index is 1.62. The van der Waals surface area contributed by atoms with Gasteiger partial charge in [0.25, 0.3) is 0 Å². The Bertz CT molecular complexity index is 1460. The van der Waals surface area contributed by atoms with E-state index in [1.54, 1.807) is 12.1 Å². The summed E-state index contributed by atoms with van der Waals surface area (Å²) >= 11 is 0. The zero-order valence-electron chi connectivity index (χ0n) is 18.4. The largest absolute Gasteiger partial charge is 0.573 e. The minimum absolute atomic E-state index is 0.0942. The third-order valence-electron chi connectivity index (χ3n) is 6.65. The zero-order chi connectivity index (χ0) is 23.9. The van der Waals surface area contributed by atoms with Crippen LogP contribution in [0, 0.1) is 16.4 Å². The molecule has 2 N–H and O–H groups in total. The molecule has 0 aliphatic heterocycles. The molecule has 0 amide bonds. The minimum Gasteiger partial charge on any atom is -0.406 e. The predicted molar refractivity (Wildman–Crippen MR) is 124 cm³/mol. The van der Waals surface area contributed by atoms with Gasteiger partial charge in [-0.15, -0.1) is 13.2 Å². The van der Waals surface area contributed by atoms with Crippen molar-refractivity contribution in [3.05, 3.63) is 98.2 Å². The Labute approximate surface area is 194 Å². The van der Waals surface area contributed by atoms with Crippen LogP contribution in [0.2, 0.25) is 0 Å². The topological polar surface area (TPSA) is 52.3 Å². The Morgan fingerprint density at radius 2 is 1.71 bits per heavy atom. The summed E-state index contributed by atoms with van der Waals surface area (Å²) in [4.78, 5) is 13.6. The highest BCUT2D eigenvalue weighted by atomic mass is 19.4. The van der Waals surface area contributed by atoms with Crippen molar-refractivity contribution in [2.75, 3.05) is 6.54 Å². The quantitative estimate of drug-likeness (QED) is 0.613. The lowest BCUT2D eigenvalue weighted by molar-refractivity contribution is -0.274. The number of alkyl halides is 3. The highest BCUT2D eigenvalue weighted by molar-refractivity contribution is 6.01. The first-order chi connectivity index (χ1) is 16.3. The van der Waals surface area contributed by atoms with Gasteiger partial charge in [0.2, 0.25) is 0 Å². The molecular formula is C28H24F3NO2. The third-order valence-corrected chi connectivity index (χ3v) is 6.65. The molecule has 2 atom stereocenters. The summed E-state index contributed by atoms with van der Waals surface area (Å²) in [6.07, 6.45) is 1.45. The molecule has 0 radical (unpaired) electrons. The SMILES string of the molecule is NCC[C@H]1CC=c2ccc3c(c2C1=O)C(Cc1ccc(OC(F)(F)F)cc1)C=c1ccccc1=3. The monoisotopic (exact) mass is 463 g/mol. The van der Waals surface area contributed by atoms with Crippen molar-refractivity contribution in [3.8, 4) is 5.75 Å². The highest BCUT2D eigenvalue weighted by Crippen LogP contribution is 2.32. The number of halogens is 3. The first kappa shape index (κ1) is 22.4. The van der Waals surface area contributed by atoms with Crippen molar-refractivity contribution in [2.24, 2.45) is 11.7 Å². The van der Waals surface area contributed by atoms with Crippen LogP contribution in [-0.4, -0.2) is 18.7 Å². The fraction of sp³-hybridized carbons (Fsp3) is 0.250. The second kappa shape index (κ2) is 8.76. The van der Waals surface area contributed by atoms with Crippen LogP contribution < -0.4 is 20.9 Å². The number of fused-ring (bicyclic) bond motifs is 4. The lowest BCUT2D eigenvalue weighted by atomic mass is 9.77. The van der Waals surface area contributed by atoms with Crippen LogP contribution >= 0.6 is 0 Å². The van der Waals surface area contributed by atoms with Gasteiger partial charge in [-0.2, -0.15) is 0 Å². The van der Waals surface area contributed by atoms with Crippen LogP contribution in [0.1, 0.15) is 40.2 Å². The average molecular weight is 463 g/mol. The van der Waals surface area contributed by atoms with E-state index in [4.69, 9.17) is 5.73 Å². The molecule has 0 aromatic heterocycles. The summed E-state index contributed by atoms with van der Waals surface area (Å²) < 4.78 is 41.6. The van der Waals surface area contributed by atoms with Gasteiger partial charge in [0.15, 0.2) is 5.78 Å². The van der Waals surface area contributed by atoms with Crippen LogP contribution in [0.25, 0.3) is 12.2 Å². The molecule has 174 valence electrons. The molecule has 0 bridgehead atoms. The van der Waals surface area contributed by atoms with E-state index in [2.05, 4.69) is 35.1 Å². The molecule has 34 heavy (non-hydrogen) atoms. The van der Waals surface area contributed by atoms with E-state index in [1.165, 1.54) is 12.1 Å². The molecule has 6 heteroatoms. The standard InChI is InChI=1S/C28H24F3NO2/c29-28(30,31)34-22-10-5-17(6-11-22)15-21-16-20-3-1-2-4-23(20)24-12-9-18-7-8-19(13-14-32)27(33)26(18)25(21)24/h1-7,9-12,16,19,21H,8,13-15,32H2/t19-,21?/m1/s1. The highest BCUT2D eigenvalue weighted by Gasteiger charge is 2.31. The maximum absolute atomic E-state index is 13.6. The summed E-state index contributed by atoms with van der Waals surface area (Å²) in [5, 5.41) is 4.15. The van der Waals surface area contributed by atoms with Gasteiger partial charge >= 0.3 is 6.36 Å². The van der Waals surface area contributed by atoms with Crippen LogP contribution in [0.4, 0.5) is 13.2 Å². The van der Waals surface area contributed by atoms with E-state index in [1.807, 2.05) is 18.2 Å². The van der Waals surface area contributed by atoms with E-state index in [9.17, 15) is 18.0 Å². The Morgan fingerprint density at radius 3 is 2.44 bits per heavy atom. The van der Waals surface area contributed by atoms with Crippen molar-refractivity contribution < 1.29 is 22.7 Å². The molecule has 0 saturated heterocycles. The van der Waals surface area contributed by atoms with Gasteiger partial charge in [-0.05, 0) is 69.9 Å². The summed E-state index contributed by atoms with van der Waals surface area (Å²) in [5.41, 5.74) is 8.39. The van der Waals surface area contributed by atoms with E-state index < -0.39 is 6.36 Å². The fourth-order valence-corrected chi connectivity index (χ4v) is 5.16. The molecule has 3 aromatic carbocycles. The number of rotatable bonds is 5. The summed E-state index contributed by atoms with van der Waals surface area (Å²) in [6.45, 7) is 0.458. The number of Topliss-reactive ketones (excluding diaryl/α,β-unsaturated/α-hetero) is 1. The Hall–Kier alpha value is -3.38. The van der Waals surface area contributed by atoms with Gasteiger partial charge in [-0.3, -0.25) is 4.79 Å². The second-order valence-corrected chi connectivity index (χ2v) is 8.83. The number of benzene rings is 3. The molecule has 3 aromatic rings. The van der Waals surface area contributed by atoms with Crippen LogP contribution in [-0.2, 0) is 6.42 Å². The maximum atomic E-state index is 13.6. The van der Waals surface area contributed by atoms with Gasteiger partial charge < -0.3 is 10.5 Å². The first-order valence-corrected chi connectivity index (χ1v) is 11.4. The molecule has 3 nitrogen and oxygen atoms in total. The maximum Gasteiger partial charge on any atom is 0.573 e. The lowest BCUT2D eigenvalue weighted by Gasteiger charge is -2.26. The molecule has 0 saturated carbocycles. The van der Waals surface area contributed by atoms with Crippen LogP contribution in [0.5, 0.6) is 5.75 Å². The van der Waals surface area contributed by atoms with Gasteiger partial charge in [0.1, 0.15) is 5.75 Å². The smallest absolute Gasteiger partial charge is 0.406 e. The molecule has 5 rings (SSSR count). The number of hydrogen-bond donors (Lipinski definition) is 1. The first-order valence-electron chi connectivity index (χ1n) is 11.4. The van der Waals surface area contributed by atoms with Crippen molar-refractivity contribution in [2.45, 2.75) is 31.5 Å². The Morgan fingerprint density at radius 1 is 0.941 bits per heavy atom. The van der Waals surface area contributed by atoms with Crippen molar-refractivity contribution in [1.82, 2.24) is 0 Å². The van der Waals surface area contributed by atoms with Crippen molar-refractivity contribution in [1.29, 1.82) is 0 Å². The molecule has 0 spiro atoms. The van der Waals surface area contributed by atoms with Gasteiger partial charge in [-0.25, -0.2) is 0 Å². The normalized spacial score (nSPS) is 18.8. The van der Waals surface area contributed by atoms with Gasteiger partial charge in [0.05, 0.1) is 0 Å². The van der Waals surface area contributed by atoms with Crippen molar-refractivity contribution >= 4 is 17.9 Å². The molecule has 2 aliphatic rings. The fourth-order valence-electron chi connectivity index (χ4n) is 5.16. The number of ether oxygens (including phenoxy) is 1. The minimum atomic E-state index is -4.72. The number of carbonyl (C=O) groups excluding carboxylic acids is 1. The summed E-state index contributed by atoms with van der Waals surface area (Å²) in [5.74, 6) is -0.336. The average Bonchev–Trinajstić information content (AvgIpc) is 2.81. The number of nitrogens with two attached hydrogens (primary N) is 1. The number of hydrogen-bond acceptors (Lipinski definition) is 3. The van der Waals surface area contributed by atoms with E-state index in [0.717, 1.165) is 37.6 Å². The van der Waals surface area contributed by atoms with E-state index in [0.29, 0.717) is 25.8 Å². The van der Waals surface area contributed by atoms with E-state index in [-0.39, 0.29) is 23.4 Å². The number of ketones is 1. The molecule has 0 fully saturated rings. The van der Waals surface area contributed by atoms with Gasteiger partial charge in [-0.1, -0.05) is 60.7 Å². The van der Waals surface area contributed by atoms with E-state index >= 15 is 0 Å². The summed E-state index contributed by atoms with van der Waals surface area (Å²) in [6, 6.07) is 18.1. The Kier molecular flexibility index (Phi) is 5.78. The number of carbonyl (C=O) groups is 1.